The second-order valence-corrected chi connectivity index (χ2v) is 6.97. The molecule has 0 radical (unpaired) electrons. The Kier molecular flexibility index (Phi) is 5.80. The Morgan fingerprint density at radius 2 is 1.88 bits per heavy atom. The zero-order valence-electron chi connectivity index (χ0n) is 14.6. The summed E-state index contributed by atoms with van der Waals surface area (Å²) in [5.41, 5.74) is 0.150. The lowest BCUT2D eigenvalue weighted by molar-refractivity contribution is -0.149. The third kappa shape index (κ3) is 4.00. The maximum Gasteiger partial charge on any atom is 0.326 e. The molecule has 1 aromatic rings. The first-order valence-corrected chi connectivity index (χ1v) is 9.18. The first kappa shape index (κ1) is 18.3. The third-order valence-corrected chi connectivity index (χ3v) is 5.29. The highest BCUT2D eigenvalue weighted by Crippen LogP contribution is 2.29. The summed E-state index contributed by atoms with van der Waals surface area (Å²) in [6.07, 6.45) is 10.2. The van der Waals surface area contributed by atoms with Crippen molar-refractivity contribution in [2.45, 2.75) is 57.0 Å². The zero-order chi connectivity index (χ0) is 18.5. The molecule has 8 heteroatoms. The molecule has 0 spiro atoms. The van der Waals surface area contributed by atoms with E-state index in [-0.39, 0.29) is 17.5 Å². The van der Waals surface area contributed by atoms with Gasteiger partial charge in [0.25, 0.3) is 5.91 Å². The molecule has 2 N–H and O–H groups in total. The molecule has 2 fully saturated rings. The van der Waals surface area contributed by atoms with Crippen molar-refractivity contribution in [1.82, 2.24) is 20.2 Å². The van der Waals surface area contributed by atoms with Crippen LogP contribution in [0.3, 0.4) is 0 Å². The minimum Gasteiger partial charge on any atom is -0.480 e. The lowest BCUT2D eigenvalue weighted by atomic mass is 9.83. The Balaban J connectivity index is 1.79. The molecule has 1 aliphatic carbocycles. The first-order valence-electron chi connectivity index (χ1n) is 9.18. The number of carbonyl (C=O) groups is 3. The minimum absolute atomic E-state index is 0.0203. The maximum absolute atomic E-state index is 13.1. The van der Waals surface area contributed by atoms with E-state index < -0.39 is 24.0 Å². The Bertz CT molecular complexity index is 660. The van der Waals surface area contributed by atoms with Crippen molar-refractivity contribution in [3.8, 4) is 0 Å². The summed E-state index contributed by atoms with van der Waals surface area (Å²) < 4.78 is 0. The fraction of sp³-hybridized carbons (Fsp3) is 0.611. The van der Waals surface area contributed by atoms with Crippen LogP contribution in [0.15, 0.2) is 18.6 Å². The SMILES string of the molecule is O=C(N[C@H](C(=O)N1CCC[C@H]1C(=O)O)C1CCCCC1)c1cnccn1. The number of hydrogen-bond donors (Lipinski definition) is 2. The van der Waals surface area contributed by atoms with Crippen LogP contribution in [0, 0.1) is 5.92 Å². The van der Waals surface area contributed by atoms with Crippen molar-refractivity contribution in [2.75, 3.05) is 6.54 Å². The van der Waals surface area contributed by atoms with Crippen LogP contribution < -0.4 is 5.32 Å². The fourth-order valence-electron chi connectivity index (χ4n) is 3.95. The summed E-state index contributed by atoms with van der Waals surface area (Å²) >= 11 is 0. The van der Waals surface area contributed by atoms with E-state index in [1.54, 1.807) is 0 Å². The number of hydrogen-bond acceptors (Lipinski definition) is 5. The van der Waals surface area contributed by atoms with Gasteiger partial charge in [0.15, 0.2) is 0 Å². The van der Waals surface area contributed by atoms with Gasteiger partial charge in [-0.3, -0.25) is 14.6 Å². The molecule has 1 saturated carbocycles. The molecule has 2 aliphatic rings. The summed E-state index contributed by atoms with van der Waals surface area (Å²) in [4.78, 5) is 46.4. The molecule has 2 amide bonds. The van der Waals surface area contributed by atoms with Gasteiger partial charge < -0.3 is 15.3 Å². The topological polar surface area (TPSA) is 112 Å². The van der Waals surface area contributed by atoms with E-state index >= 15 is 0 Å². The van der Waals surface area contributed by atoms with Gasteiger partial charge in [-0.25, -0.2) is 9.78 Å². The largest absolute Gasteiger partial charge is 0.480 e. The summed E-state index contributed by atoms with van der Waals surface area (Å²) in [7, 11) is 0. The van der Waals surface area contributed by atoms with E-state index in [0.29, 0.717) is 19.4 Å². The van der Waals surface area contributed by atoms with Crippen molar-refractivity contribution < 1.29 is 19.5 Å². The normalized spacial score (nSPS) is 22.0. The van der Waals surface area contributed by atoms with Crippen LogP contribution in [0.1, 0.15) is 55.4 Å². The molecule has 140 valence electrons. The highest BCUT2D eigenvalue weighted by molar-refractivity contribution is 5.96. The molecule has 2 heterocycles. The van der Waals surface area contributed by atoms with Gasteiger partial charge in [-0.1, -0.05) is 19.3 Å². The number of nitrogens with one attached hydrogen (secondary N) is 1. The standard InChI is InChI=1S/C18H24N4O4/c23-16(13-11-19-8-9-20-13)21-15(12-5-2-1-3-6-12)17(24)22-10-4-7-14(22)18(25)26/h8-9,11-12,14-15H,1-7,10H2,(H,21,23)(H,25,26)/t14-,15-/m0/s1. The smallest absolute Gasteiger partial charge is 0.326 e. The molecule has 0 aromatic carbocycles. The van der Waals surface area contributed by atoms with Crippen LogP contribution in [0.4, 0.5) is 0 Å². The van der Waals surface area contributed by atoms with Crippen LogP contribution in [0.5, 0.6) is 0 Å². The lowest BCUT2D eigenvalue weighted by Gasteiger charge is -2.34. The number of nitrogens with zero attached hydrogens (tertiary/aromatic N) is 3. The van der Waals surface area contributed by atoms with Gasteiger partial charge in [0, 0.05) is 18.9 Å². The number of amides is 2. The second-order valence-electron chi connectivity index (χ2n) is 6.97. The molecule has 0 bridgehead atoms. The highest BCUT2D eigenvalue weighted by atomic mass is 16.4. The first-order chi connectivity index (χ1) is 12.6. The van der Waals surface area contributed by atoms with Gasteiger partial charge in [-0.05, 0) is 31.6 Å². The quantitative estimate of drug-likeness (QED) is 0.817. The van der Waals surface area contributed by atoms with Gasteiger partial charge in [0.2, 0.25) is 5.91 Å². The fourth-order valence-corrected chi connectivity index (χ4v) is 3.95. The Labute approximate surface area is 152 Å². The summed E-state index contributed by atoms with van der Waals surface area (Å²) in [5.74, 6) is -1.71. The maximum atomic E-state index is 13.1. The summed E-state index contributed by atoms with van der Waals surface area (Å²) in [6, 6.07) is -1.52. The van der Waals surface area contributed by atoms with E-state index in [2.05, 4.69) is 15.3 Å². The van der Waals surface area contributed by atoms with Crippen molar-refractivity contribution in [3.63, 3.8) is 0 Å². The lowest BCUT2D eigenvalue weighted by Crippen LogP contribution is -2.55. The monoisotopic (exact) mass is 360 g/mol. The van der Waals surface area contributed by atoms with Crippen LogP contribution in [-0.4, -0.2) is 56.4 Å². The predicted octanol–water partition coefficient (Wildman–Crippen LogP) is 1.23. The molecular weight excluding hydrogens is 336 g/mol. The van der Waals surface area contributed by atoms with Crippen LogP contribution in [0.2, 0.25) is 0 Å². The third-order valence-electron chi connectivity index (χ3n) is 5.29. The Hall–Kier alpha value is -2.51. The Morgan fingerprint density at radius 3 is 2.54 bits per heavy atom. The highest BCUT2D eigenvalue weighted by Gasteiger charge is 2.40. The molecule has 0 unspecified atom stereocenters. The van der Waals surface area contributed by atoms with Gasteiger partial charge in [-0.15, -0.1) is 0 Å². The molecule has 8 nitrogen and oxygen atoms in total. The van der Waals surface area contributed by atoms with Gasteiger partial charge in [0.1, 0.15) is 17.8 Å². The van der Waals surface area contributed by atoms with Gasteiger partial charge >= 0.3 is 5.97 Å². The molecule has 1 aliphatic heterocycles. The van der Waals surface area contributed by atoms with Crippen molar-refractivity contribution in [3.05, 3.63) is 24.3 Å². The number of aromatic nitrogens is 2. The van der Waals surface area contributed by atoms with Crippen LogP contribution in [-0.2, 0) is 9.59 Å². The molecule has 2 atom stereocenters. The van der Waals surface area contributed by atoms with Crippen molar-refractivity contribution in [1.29, 1.82) is 0 Å². The van der Waals surface area contributed by atoms with E-state index in [9.17, 15) is 19.5 Å². The molecule has 1 saturated heterocycles. The molecule has 3 rings (SSSR count). The van der Waals surface area contributed by atoms with E-state index in [1.165, 1.54) is 23.5 Å². The second kappa shape index (κ2) is 8.25. The zero-order valence-corrected chi connectivity index (χ0v) is 14.6. The molecular formula is C18H24N4O4. The summed E-state index contributed by atoms with van der Waals surface area (Å²) in [5, 5.41) is 12.2. The minimum atomic E-state index is -0.988. The van der Waals surface area contributed by atoms with E-state index in [0.717, 1.165) is 32.1 Å². The summed E-state index contributed by atoms with van der Waals surface area (Å²) in [6.45, 7) is 0.417. The van der Waals surface area contributed by atoms with Gasteiger partial charge in [-0.2, -0.15) is 0 Å². The predicted molar refractivity (Wildman–Crippen MR) is 92.2 cm³/mol. The average Bonchev–Trinajstić information content (AvgIpc) is 3.17. The molecule has 1 aromatic heterocycles. The number of carbonyl (C=O) groups excluding carboxylic acids is 2. The number of rotatable bonds is 5. The van der Waals surface area contributed by atoms with E-state index in [4.69, 9.17) is 0 Å². The van der Waals surface area contributed by atoms with E-state index in [1.807, 2.05) is 0 Å². The van der Waals surface area contributed by atoms with Crippen molar-refractivity contribution >= 4 is 17.8 Å². The number of carboxylic acids is 1. The Morgan fingerprint density at radius 1 is 1.12 bits per heavy atom. The number of likely N-dealkylation sites (tertiary alicyclic amines) is 1. The molecule has 26 heavy (non-hydrogen) atoms. The van der Waals surface area contributed by atoms with Gasteiger partial charge in [0.05, 0.1) is 6.20 Å². The van der Waals surface area contributed by atoms with Crippen molar-refractivity contribution in [2.24, 2.45) is 5.92 Å². The van der Waals surface area contributed by atoms with Crippen LogP contribution in [0.25, 0.3) is 0 Å². The van der Waals surface area contributed by atoms with Crippen LogP contribution >= 0.6 is 0 Å². The number of aliphatic carboxylic acids is 1. The number of carboxylic acid groups (broad SMARTS) is 1. The average molecular weight is 360 g/mol.